The van der Waals surface area contributed by atoms with Crippen molar-refractivity contribution in [1.82, 2.24) is 15.0 Å². The summed E-state index contributed by atoms with van der Waals surface area (Å²) >= 11 is 0. The fourth-order valence-electron chi connectivity index (χ4n) is 1.29. The average molecular weight is 191 g/mol. The van der Waals surface area contributed by atoms with Crippen LogP contribution in [0.4, 0.5) is 0 Å². The molecule has 0 radical (unpaired) electrons. The third-order valence-electron chi connectivity index (χ3n) is 2.11. The standard InChI is InChI=1S/C10H11N3O.H2/c1-6(2)8-3-7-4-12-10(14)13-9(7)5-11-8;/h3-6H,1-2H3,(H,12,13,14);1H. The van der Waals surface area contributed by atoms with Crippen molar-refractivity contribution in [2.24, 2.45) is 0 Å². The number of hydrogen-bond donors (Lipinski definition) is 1. The van der Waals surface area contributed by atoms with Gasteiger partial charge in [0.15, 0.2) is 0 Å². The highest BCUT2D eigenvalue weighted by atomic mass is 16.1. The monoisotopic (exact) mass is 191 g/mol. The van der Waals surface area contributed by atoms with Crippen LogP contribution < -0.4 is 5.69 Å². The third-order valence-corrected chi connectivity index (χ3v) is 2.11. The number of rotatable bonds is 1. The number of hydrogen-bond acceptors (Lipinski definition) is 3. The normalized spacial score (nSPS) is 11.1. The maximum absolute atomic E-state index is 10.9. The van der Waals surface area contributed by atoms with Crippen molar-refractivity contribution in [3.8, 4) is 0 Å². The minimum atomic E-state index is -0.336. The van der Waals surface area contributed by atoms with Crippen LogP contribution in [0, 0.1) is 0 Å². The van der Waals surface area contributed by atoms with Gasteiger partial charge in [0.1, 0.15) is 0 Å². The molecule has 1 N–H and O–H groups in total. The van der Waals surface area contributed by atoms with Crippen LogP contribution in [0.15, 0.2) is 23.3 Å². The fourth-order valence-corrected chi connectivity index (χ4v) is 1.29. The van der Waals surface area contributed by atoms with Gasteiger partial charge in [-0.15, -0.1) is 0 Å². The van der Waals surface area contributed by atoms with E-state index in [4.69, 9.17) is 0 Å². The second kappa shape index (κ2) is 3.21. The molecule has 0 amide bonds. The number of fused-ring (bicyclic) bond motifs is 1. The van der Waals surface area contributed by atoms with E-state index in [1.165, 1.54) is 0 Å². The number of nitrogens with zero attached hydrogens (tertiary/aromatic N) is 2. The maximum Gasteiger partial charge on any atom is 0.345 e. The molecule has 0 atom stereocenters. The van der Waals surface area contributed by atoms with Crippen molar-refractivity contribution in [2.75, 3.05) is 0 Å². The van der Waals surface area contributed by atoms with E-state index in [-0.39, 0.29) is 7.12 Å². The Bertz CT molecular complexity index is 521. The molecule has 0 aromatic carbocycles. The summed E-state index contributed by atoms with van der Waals surface area (Å²) in [7, 11) is 0. The van der Waals surface area contributed by atoms with Gasteiger partial charge in [0.05, 0.1) is 11.7 Å². The third kappa shape index (κ3) is 1.51. The smallest absolute Gasteiger partial charge is 0.304 e. The second-order valence-electron chi connectivity index (χ2n) is 3.54. The number of pyridine rings is 1. The summed E-state index contributed by atoms with van der Waals surface area (Å²) in [5, 5.41) is 0.920. The highest BCUT2D eigenvalue weighted by molar-refractivity contribution is 5.76. The first-order chi connectivity index (χ1) is 6.66. The van der Waals surface area contributed by atoms with E-state index in [1.54, 1.807) is 12.4 Å². The molecule has 14 heavy (non-hydrogen) atoms. The van der Waals surface area contributed by atoms with Crippen molar-refractivity contribution >= 4 is 10.9 Å². The SMILES string of the molecule is CC(C)c1cc2cnc(=O)[nH]c2cn1.[HH]. The van der Waals surface area contributed by atoms with Gasteiger partial charge in [0, 0.05) is 18.7 Å². The molecule has 2 aromatic rings. The highest BCUT2D eigenvalue weighted by Gasteiger charge is 2.02. The lowest BCUT2D eigenvalue weighted by Crippen LogP contribution is -2.09. The van der Waals surface area contributed by atoms with E-state index in [0.29, 0.717) is 5.92 Å². The van der Waals surface area contributed by atoms with E-state index in [9.17, 15) is 4.79 Å². The first-order valence-electron chi connectivity index (χ1n) is 4.52. The molecule has 0 aliphatic rings. The van der Waals surface area contributed by atoms with Gasteiger partial charge in [-0.25, -0.2) is 9.78 Å². The lowest BCUT2D eigenvalue weighted by atomic mass is 10.1. The molecule has 2 heterocycles. The Hall–Kier alpha value is -1.71. The molecule has 0 bridgehead atoms. The predicted octanol–water partition coefficient (Wildman–Crippen LogP) is 1.69. The summed E-state index contributed by atoms with van der Waals surface area (Å²) in [6.07, 6.45) is 3.25. The Morgan fingerprint density at radius 1 is 1.36 bits per heavy atom. The van der Waals surface area contributed by atoms with Crippen LogP contribution in [-0.2, 0) is 0 Å². The zero-order valence-corrected chi connectivity index (χ0v) is 8.11. The molecule has 0 aliphatic carbocycles. The van der Waals surface area contributed by atoms with Gasteiger partial charge < -0.3 is 4.98 Å². The molecular weight excluding hydrogens is 178 g/mol. The van der Waals surface area contributed by atoms with Crippen LogP contribution in [0.1, 0.15) is 26.9 Å². The molecule has 0 saturated heterocycles. The van der Waals surface area contributed by atoms with Crippen LogP contribution in [0.2, 0.25) is 0 Å². The summed E-state index contributed by atoms with van der Waals surface area (Å²) in [6, 6.07) is 1.95. The lowest BCUT2D eigenvalue weighted by molar-refractivity contribution is 0.825. The molecule has 0 unspecified atom stereocenters. The topological polar surface area (TPSA) is 58.6 Å². The van der Waals surface area contributed by atoms with Crippen LogP contribution in [0.5, 0.6) is 0 Å². The Labute approximate surface area is 82.5 Å². The first kappa shape index (κ1) is 8.87. The predicted molar refractivity (Wildman–Crippen MR) is 56.4 cm³/mol. The highest BCUT2D eigenvalue weighted by Crippen LogP contribution is 2.15. The van der Waals surface area contributed by atoms with E-state index < -0.39 is 0 Å². The molecule has 4 heteroatoms. The van der Waals surface area contributed by atoms with E-state index in [0.717, 1.165) is 16.6 Å². The number of nitrogens with one attached hydrogen (secondary N) is 1. The number of aromatic nitrogens is 3. The van der Waals surface area contributed by atoms with Crippen molar-refractivity contribution in [3.05, 3.63) is 34.6 Å². The maximum atomic E-state index is 10.9. The zero-order valence-electron chi connectivity index (χ0n) is 8.11. The van der Waals surface area contributed by atoms with Gasteiger partial charge in [0.2, 0.25) is 0 Å². The van der Waals surface area contributed by atoms with Crippen LogP contribution in [-0.4, -0.2) is 15.0 Å². The minimum absolute atomic E-state index is 0. The molecule has 4 nitrogen and oxygen atoms in total. The molecule has 0 aliphatic heterocycles. The Balaban J connectivity index is 0.00000112. The van der Waals surface area contributed by atoms with Crippen LogP contribution >= 0.6 is 0 Å². The zero-order chi connectivity index (χ0) is 10.1. The Kier molecular flexibility index (Phi) is 2.04. The number of H-pyrrole nitrogens is 1. The molecule has 0 spiro atoms. The van der Waals surface area contributed by atoms with Crippen molar-refractivity contribution in [2.45, 2.75) is 19.8 Å². The summed E-state index contributed by atoms with van der Waals surface area (Å²) < 4.78 is 0. The van der Waals surface area contributed by atoms with E-state index in [1.807, 2.05) is 6.07 Å². The quantitative estimate of drug-likeness (QED) is 0.746. The Morgan fingerprint density at radius 3 is 2.86 bits per heavy atom. The second-order valence-corrected chi connectivity index (χ2v) is 3.54. The molecule has 74 valence electrons. The largest absolute Gasteiger partial charge is 0.345 e. The number of aromatic amines is 1. The molecule has 2 aromatic heterocycles. The molecule has 0 fully saturated rings. The van der Waals surface area contributed by atoms with E-state index in [2.05, 4.69) is 28.8 Å². The summed E-state index contributed by atoms with van der Waals surface area (Å²) in [6.45, 7) is 4.15. The average Bonchev–Trinajstić information content (AvgIpc) is 2.16. The lowest BCUT2D eigenvalue weighted by Gasteiger charge is -2.04. The molecular formula is C10H13N3O. The van der Waals surface area contributed by atoms with Crippen molar-refractivity contribution < 1.29 is 1.43 Å². The van der Waals surface area contributed by atoms with Gasteiger partial charge in [-0.05, 0) is 12.0 Å². The van der Waals surface area contributed by atoms with Crippen molar-refractivity contribution in [1.29, 1.82) is 0 Å². The van der Waals surface area contributed by atoms with Gasteiger partial charge in [-0.1, -0.05) is 13.8 Å². The van der Waals surface area contributed by atoms with Crippen LogP contribution in [0.25, 0.3) is 10.9 Å². The molecule has 2 rings (SSSR count). The van der Waals surface area contributed by atoms with Gasteiger partial charge in [-0.3, -0.25) is 4.98 Å². The first-order valence-corrected chi connectivity index (χ1v) is 4.52. The van der Waals surface area contributed by atoms with Gasteiger partial charge in [0.25, 0.3) is 0 Å². The van der Waals surface area contributed by atoms with Gasteiger partial charge in [-0.2, -0.15) is 0 Å². The summed E-state index contributed by atoms with van der Waals surface area (Å²) in [5.41, 5.74) is 1.40. The van der Waals surface area contributed by atoms with Crippen molar-refractivity contribution in [3.63, 3.8) is 0 Å². The van der Waals surface area contributed by atoms with Crippen LogP contribution in [0.3, 0.4) is 0 Å². The van der Waals surface area contributed by atoms with Gasteiger partial charge >= 0.3 is 5.69 Å². The van der Waals surface area contributed by atoms with E-state index >= 15 is 0 Å². The fraction of sp³-hybridized carbons (Fsp3) is 0.300. The minimum Gasteiger partial charge on any atom is -0.304 e. The molecule has 0 saturated carbocycles. The Morgan fingerprint density at radius 2 is 2.14 bits per heavy atom. The summed E-state index contributed by atoms with van der Waals surface area (Å²) in [4.78, 5) is 21.5. The summed E-state index contributed by atoms with van der Waals surface area (Å²) in [5.74, 6) is 0.381.